The van der Waals surface area contributed by atoms with Crippen LogP contribution in [0.5, 0.6) is 5.75 Å². The van der Waals surface area contributed by atoms with Gasteiger partial charge in [0.05, 0.1) is 12.3 Å². The molecular weight excluding hydrogens is 312 g/mol. The molecule has 1 aromatic heterocycles. The summed E-state index contributed by atoms with van der Waals surface area (Å²) in [7, 11) is 0. The van der Waals surface area contributed by atoms with Gasteiger partial charge in [-0.1, -0.05) is 19.0 Å². The molecule has 0 aliphatic carbocycles. The van der Waals surface area contributed by atoms with E-state index in [0.717, 1.165) is 5.69 Å². The Morgan fingerprint density at radius 3 is 2.58 bits per heavy atom. The highest BCUT2D eigenvalue weighted by atomic mass is 16.5. The normalized spacial score (nSPS) is 10.6. The van der Waals surface area contributed by atoms with E-state index in [1.807, 2.05) is 13.8 Å². The lowest BCUT2D eigenvalue weighted by Gasteiger charge is -2.07. The van der Waals surface area contributed by atoms with Gasteiger partial charge in [0, 0.05) is 18.2 Å². The number of carbonyl (C=O) groups is 2. The first-order valence-electron chi connectivity index (χ1n) is 7.68. The van der Waals surface area contributed by atoms with Crippen LogP contribution >= 0.6 is 0 Å². The Kier molecular flexibility index (Phi) is 5.95. The summed E-state index contributed by atoms with van der Waals surface area (Å²) in [4.78, 5) is 22.5. The molecule has 0 bridgehead atoms. The standard InChI is InChI=1S/C17H20N2O5/c1-11(2)14-10-15(24-19-14)17(22)18-12-5-7-13(8-6-12)23-9-3-4-16(20)21/h5-8,10-11H,3-4,9H2,1-2H3,(H,18,22)(H,20,21). The van der Waals surface area contributed by atoms with Crippen LogP contribution in [-0.4, -0.2) is 28.7 Å². The summed E-state index contributed by atoms with van der Waals surface area (Å²) in [6.45, 7) is 4.26. The van der Waals surface area contributed by atoms with Gasteiger partial charge in [-0.2, -0.15) is 0 Å². The summed E-state index contributed by atoms with van der Waals surface area (Å²) in [5, 5.41) is 15.1. The molecule has 7 heteroatoms. The quantitative estimate of drug-likeness (QED) is 0.719. The molecule has 0 fully saturated rings. The third-order valence-electron chi connectivity index (χ3n) is 3.26. The van der Waals surface area contributed by atoms with E-state index in [1.165, 1.54) is 0 Å². The Hall–Kier alpha value is -2.83. The average Bonchev–Trinajstić information content (AvgIpc) is 3.03. The van der Waals surface area contributed by atoms with Crippen molar-refractivity contribution in [2.45, 2.75) is 32.6 Å². The molecule has 2 N–H and O–H groups in total. The van der Waals surface area contributed by atoms with Crippen LogP contribution in [0.25, 0.3) is 0 Å². The van der Waals surface area contributed by atoms with Gasteiger partial charge in [-0.3, -0.25) is 9.59 Å². The molecule has 0 aliphatic rings. The Morgan fingerprint density at radius 1 is 1.29 bits per heavy atom. The Balaban J connectivity index is 1.86. The number of carboxylic acid groups (broad SMARTS) is 1. The molecule has 1 heterocycles. The van der Waals surface area contributed by atoms with Crippen molar-refractivity contribution in [3.8, 4) is 5.75 Å². The van der Waals surface area contributed by atoms with Crippen LogP contribution in [-0.2, 0) is 4.79 Å². The number of amides is 1. The fraction of sp³-hybridized carbons (Fsp3) is 0.353. The van der Waals surface area contributed by atoms with Crippen molar-refractivity contribution < 1.29 is 24.0 Å². The number of hydrogen-bond acceptors (Lipinski definition) is 5. The van der Waals surface area contributed by atoms with E-state index in [9.17, 15) is 9.59 Å². The van der Waals surface area contributed by atoms with Crippen LogP contribution in [0.4, 0.5) is 5.69 Å². The Labute approximate surface area is 139 Å². The molecule has 2 aromatic rings. The van der Waals surface area contributed by atoms with Crippen molar-refractivity contribution in [3.63, 3.8) is 0 Å². The number of carbonyl (C=O) groups excluding carboxylic acids is 1. The maximum absolute atomic E-state index is 12.1. The fourth-order valence-corrected chi connectivity index (χ4v) is 1.91. The van der Waals surface area contributed by atoms with Gasteiger partial charge in [-0.15, -0.1) is 0 Å². The van der Waals surface area contributed by atoms with Crippen LogP contribution in [0, 0.1) is 0 Å². The number of hydrogen-bond donors (Lipinski definition) is 2. The number of nitrogens with one attached hydrogen (secondary N) is 1. The summed E-state index contributed by atoms with van der Waals surface area (Å²) < 4.78 is 10.5. The molecule has 24 heavy (non-hydrogen) atoms. The van der Waals surface area contributed by atoms with Crippen LogP contribution in [0.3, 0.4) is 0 Å². The van der Waals surface area contributed by atoms with E-state index in [-0.39, 0.29) is 24.0 Å². The summed E-state index contributed by atoms with van der Waals surface area (Å²) in [5.74, 6) is -0.255. The van der Waals surface area contributed by atoms with Crippen molar-refractivity contribution in [1.82, 2.24) is 5.16 Å². The Bertz CT molecular complexity index is 691. The molecule has 128 valence electrons. The number of ether oxygens (including phenoxy) is 1. The second kappa shape index (κ2) is 8.14. The first-order chi connectivity index (χ1) is 11.5. The molecule has 1 amide bonds. The molecule has 0 saturated carbocycles. The molecule has 0 unspecified atom stereocenters. The number of anilines is 1. The highest BCUT2D eigenvalue weighted by Crippen LogP contribution is 2.18. The molecule has 1 aromatic carbocycles. The molecule has 0 atom stereocenters. The van der Waals surface area contributed by atoms with Crippen molar-refractivity contribution in [1.29, 1.82) is 0 Å². The van der Waals surface area contributed by atoms with E-state index < -0.39 is 5.97 Å². The SMILES string of the molecule is CC(C)c1cc(C(=O)Nc2ccc(OCCCC(=O)O)cc2)on1. The molecule has 0 aliphatic heterocycles. The second-order valence-corrected chi connectivity index (χ2v) is 5.59. The number of nitrogens with zero attached hydrogens (tertiary/aromatic N) is 1. The topological polar surface area (TPSA) is 102 Å². The Morgan fingerprint density at radius 2 is 2.00 bits per heavy atom. The number of aliphatic carboxylic acids is 1. The number of aromatic nitrogens is 1. The second-order valence-electron chi connectivity index (χ2n) is 5.59. The van der Waals surface area contributed by atoms with E-state index >= 15 is 0 Å². The number of rotatable bonds is 8. The predicted octanol–water partition coefficient (Wildman–Crippen LogP) is 3.29. The van der Waals surface area contributed by atoms with E-state index in [0.29, 0.717) is 24.5 Å². The van der Waals surface area contributed by atoms with Gasteiger partial charge in [-0.25, -0.2) is 0 Å². The molecule has 0 spiro atoms. The molecule has 2 rings (SSSR count). The zero-order valence-electron chi connectivity index (χ0n) is 13.6. The fourth-order valence-electron chi connectivity index (χ4n) is 1.91. The van der Waals surface area contributed by atoms with E-state index in [4.69, 9.17) is 14.4 Å². The van der Waals surface area contributed by atoms with Gasteiger partial charge < -0.3 is 19.7 Å². The van der Waals surface area contributed by atoms with Crippen molar-refractivity contribution in [2.75, 3.05) is 11.9 Å². The monoisotopic (exact) mass is 332 g/mol. The first-order valence-corrected chi connectivity index (χ1v) is 7.68. The minimum atomic E-state index is -0.843. The third kappa shape index (κ3) is 5.12. The van der Waals surface area contributed by atoms with Gasteiger partial charge >= 0.3 is 5.97 Å². The van der Waals surface area contributed by atoms with Crippen LogP contribution in [0.2, 0.25) is 0 Å². The zero-order valence-corrected chi connectivity index (χ0v) is 13.6. The molecule has 0 saturated heterocycles. The lowest BCUT2D eigenvalue weighted by molar-refractivity contribution is -0.137. The van der Waals surface area contributed by atoms with Gasteiger partial charge in [0.1, 0.15) is 5.75 Å². The van der Waals surface area contributed by atoms with Crippen molar-refractivity contribution >= 4 is 17.6 Å². The largest absolute Gasteiger partial charge is 0.494 e. The van der Waals surface area contributed by atoms with Crippen LogP contribution in [0.15, 0.2) is 34.9 Å². The number of benzene rings is 1. The highest BCUT2D eigenvalue weighted by Gasteiger charge is 2.14. The summed E-state index contributed by atoms with van der Waals surface area (Å²) in [5.41, 5.74) is 1.32. The summed E-state index contributed by atoms with van der Waals surface area (Å²) >= 11 is 0. The lowest BCUT2D eigenvalue weighted by Crippen LogP contribution is -2.10. The first kappa shape index (κ1) is 17.5. The lowest BCUT2D eigenvalue weighted by atomic mass is 10.1. The van der Waals surface area contributed by atoms with E-state index in [2.05, 4.69) is 10.5 Å². The average molecular weight is 332 g/mol. The van der Waals surface area contributed by atoms with Crippen LogP contribution < -0.4 is 10.1 Å². The van der Waals surface area contributed by atoms with Gasteiger partial charge in [0.25, 0.3) is 5.91 Å². The van der Waals surface area contributed by atoms with Gasteiger partial charge in [-0.05, 0) is 36.6 Å². The highest BCUT2D eigenvalue weighted by molar-refractivity contribution is 6.02. The smallest absolute Gasteiger partial charge is 0.303 e. The van der Waals surface area contributed by atoms with Crippen LogP contribution in [0.1, 0.15) is 48.9 Å². The van der Waals surface area contributed by atoms with Gasteiger partial charge in [0.2, 0.25) is 5.76 Å². The van der Waals surface area contributed by atoms with E-state index in [1.54, 1.807) is 30.3 Å². The molecule has 0 radical (unpaired) electrons. The molecular formula is C17H20N2O5. The zero-order chi connectivity index (χ0) is 17.5. The summed E-state index contributed by atoms with van der Waals surface area (Å²) in [6, 6.07) is 8.43. The number of carboxylic acids is 1. The maximum Gasteiger partial charge on any atom is 0.303 e. The third-order valence-corrected chi connectivity index (χ3v) is 3.26. The van der Waals surface area contributed by atoms with Gasteiger partial charge in [0.15, 0.2) is 0 Å². The minimum absolute atomic E-state index is 0.0731. The molecule has 7 nitrogen and oxygen atoms in total. The maximum atomic E-state index is 12.1. The summed E-state index contributed by atoms with van der Waals surface area (Å²) in [6.07, 6.45) is 0.515. The minimum Gasteiger partial charge on any atom is -0.494 e. The van der Waals surface area contributed by atoms with Crippen molar-refractivity contribution in [2.24, 2.45) is 0 Å². The predicted molar refractivity (Wildman–Crippen MR) is 87.4 cm³/mol. The van der Waals surface area contributed by atoms with Crippen molar-refractivity contribution in [3.05, 3.63) is 41.8 Å².